The van der Waals surface area contributed by atoms with E-state index in [-0.39, 0.29) is 24.3 Å². The van der Waals surface area contributed by atoms with E-state index in [9.17, 15) is 14.4 Å². The molecule has 1 aliphatic carbocycles. The van der Waals surface area contributed by atoms with Crippen LogP contribution in [0.3, 0.4) is 0 Å². The van der Waals surface area contributed by atoms with Gasteiger partial charge >= 0.3 is 5.69 Å². The molecular weight excluding hydrogens is 346 g/mol. The Balaban J connectivity index is 1.61. The number of carbonyl (C=O) groups excluding carboxylic acids is 1. The fraction of sp³-hybridized carbons (Fsp3) is 0.450. The first-order chi connectivity index (χ1) is 13.0. The van der Waals surface area contributed by atoms with Crippen LogP contribution in [0.5, 0.6) is 5.75 Å². The maximum atomic E-state index is 12.3. The number of aromatic nitrogens is 2. The van der Waals surface area contributed by atoms with Crippen molar-refractivity contribution in [3.8, 4) is 5.75 Å². The zero-order valence-electron chi connectivity index (χ0n) is 15.5. The van der Waals surface area contributed by atoms with Crippen molar-refractivity contribution in [2.45, 2.75) is 44.1 Å². The Labute approximate surface area is 157 Å². The van der Waals surface area contributed by atoms with Gasteiger partial charge in [0.2, 0.25) is 5.91 Å². The van der Waals surface area contributed by atoms with E-state index in [0.717, 1.165) is 31.4 Å². The van der Waals surface area contributed by atoms with Gasteiger partial charge in [0.05, 0.1) is 7.11 Å². The standard InChI is InChI=1S/C20H25N3O4/c1-27-16-6-4-15(5-7-16)20(10-2-3-11-20)14-21-17(24)8-12-23-13-9-18(25)22-19(23)26/h4-7,9,13H,2-3,8,10-12,14H2,1H3,(H,21,24)(H,22,25,26). The third-order valence-corrected chi connectivity index (χ3v) is 5.36. The summed E-state index contributed by atoms with van der Waals surface area (Å²) >= 11 is 0. The molecule has 1 fully saturated rings. The van der Waals surface area contributed by atoms with Crippen molar-refractivity contribution < 1.29 is 9.53 Å². The zero-order valence-corrected chi connectivity index (χ0v) is 15.5. The minimum absolute atomic E-state index is 0.0449. The van der Waals surface area contributed by atoms with Crippen molar-refractivity contribution in [1.82, 2.24) is 14.9 Å². The monoisotopic (exact) mass is 371 g/mol. The first-order valence-corrected chi connectivity index (χ1v) is 9.23. The van der Waals surface area contributed by atoms with Gasteiger partial charge in [-0.05, 0) is 30.5 Å². The molecule has 0 unspecified atom stereocenters. The molecule has 1 aromatic heterocycles. The van der Waals surface area contributed by atoms with Crippen LogP contribution in [0.4, 0.5) is 0 Å². The number of benzene rings is 1. The van der Waals surface area contributed by atoms with Crippen LogP contribution >= 0.6 is 0 Å². The number of aromatic amines is 1. The summed E-state index contributed by atoms with van der Waals surface area (Å²) in [5.74, 6) is 0.718. The molecule has 7 heteroatoms. The quantitative estimate of drug-likeness (QED) is 0.772. The maximum absolute atomic E-state index is 12.3. The number of ether oxygens (including phenoxy) is 1. The predicted molar refractivity (Wildman–Crippen MR) is 102 cm³/mol. The van der Waals surface area contributed by atoms with E-state index in [4.69, 9.17) is 4.74 Å². The van der Waals surface area contributed by atoms with Crippen molar-refractivity contribution in [2.24, 2.45) is 0 Å². The fourth-order valence-electron chi connectivity index (χ4n) is 3.76. The molecule has 7 nitrogen and oxygen atoms in total. The fourth-order valence-corrected chi connectivity index (χ4v) is 3.76. The number of nitrogens with zero attached hydrogens (tertiary/aromatic N) is 1. The number of aryl methyl sites for hydroxylation is 1. The number of methoxy groups -OCH3 is 1. The van der Waals surface area contributed by atoms with Crippen molar-refractivity contribution in [2.75, 3.05) is 13.7 Å². The second kappa shape index (κ2) is 8.24. The number of nitrogens with one attached hydrogen (secondary N) is 2. The normalized spacial score (nSPS) is 15.4. The Morgan fingerprint density at radius 3 is 2.52 bits per heavy atom. The third-order valence-electron chi connectivity index (χ3n) is 5.36. The highest BCUT2D eigenvalue weighted by Gasteiger charge is 2.35. The van der Waals surface area contributed by atoms with Gasteiger partial charge < -0.3 is 14.6 Å². The van der Waals surface area contributed by atoms with Gasteiger partial charge in [-0.15, -0.1) is 0 Å². The lowest BCUT2D eigenvalue weighted by atomic mass is 9.78. The molecule has 2 N–H and O–H groups in total. The largest absolute Gasteiger partial charge is 0.497 e. The maximum Gasteiger partial charge on any atom is 0.328 e. The molecular formula is C20H25N3O4. The minimum atomic E-state index is -0.499. The average molecular weight is 371 g/mol. The molecule has 1 amide bonds. The molecule has 2 aromatic rings. The number of hydrogen-bond acceptors (Lipinski definition) is 4. The molecule has 1 aromatic carbocycles. The highest BCUT2D eigenvalue weighted by atomic mass is 16.5. The van der Waals surface area contributed by atoms with Crippen LogP contribution in [0.25, 0.3) is 0 Å². The smallest absolute Gasteiger partial charge is 0.328 e. The summed E-state index contributed by atoms with van der Waals surface area (Å²) in [4.78, 5) is 37.3. The van der Waals surface area contributed by atoms with E-state index < -0.39 is 11.2 Å². The Hall–Kier alpha value is -2.83. The summed E-state index contributed by atoms with van der Waals surface area (Å²) in [6.45, 7) is 0.815. The summed E-state index contributed by atoms with van der Waals surface area (Å²) in [5.41, 5.74) is 0.235. The van der Waals surface area contributed by atoms with Crippen molar-refractivity contribution in [3.63, 3.8) is 0 Å². The molecule has 144 valence electrons. The number of rotatable bonds is 7. The lowest BCUT2D eigenvalue weighted by Crippen LogP contribution is -2.39. The van der Waals surface area contributed by atoms with E-state index in [1.807, 2.05) is 12.1 Å². The molecule has 0 saturated heterocycles. The van der Waals surface area contributed by atoms with Gasteiger partial charge in [0.25, 0.3) is 5.56 Å². The van der Waals surface area contributed by atoms with Crippen LogP contribution in [-0.4, -0.2) is 29.1 Å². The SMILES string of the molecule is COc1ccc(C2(CNC(=O)CCn3ccc(=O)[nH]c3=O)CCCC2)cc1. The first-order valence-electron chi connectivity index (χ1n) is 9.23. The number of amides is 1. The van der Waals surface area contributed by atoms with Gasteiger partial charge in [0.15, 0.2) is 0 Å². The van der Waals surface area contributed by atoms with Gasteiger partial charge in [-0.1, -0.05) is 25.0 Å². The number of hydrogen-bond donors (Lipinski definition) is 2. The zero-order chi connectivity index (χ0) is 19.3. The molecule has 0 radical (unpaired) electrons. The van der Waals surface area contributed by atoms with Gasteiger partial charge in [0.1, 0.15) is 5.75 Å². The second-order valence-corrected chi connectivity index (χ2v) is 7.05. The van der Waals surface area contributed by atoms with Crippen LogP contribution in [0, 0.1) is 0 Å². The van der Waals surface area contributed by atoms with E-state index in [2.05, 4.69) is 22.4 Å². The van der Waals surface area contributed by atoms with Crippen molar-refractivity contribution in [3.05, 3.63) is 62.9 Å². The predicted octanol–water partition coefficient (Wildman–Crippen LogP) is 1.56. The molecule has 27 heavy (non-hydrogen) atoms. The first kappa shape index (κ1) is 18.9. The average Bonchev–Trinajstić information content (AvgIpc) is 3.16. The van der Waals surface area contributed by atoms with Crippen LogP contribution in [0.15, 0.2) is 46.1 Å². The number of carbonyl (C=O) groups is 1. The molecule has 3 rings (SSSR count). The highest BCUT2D eigenvalue weighted by Crippen LogP contribution is 2.41. The number of H-pyrrole nitrogens is 1. The summed E-state index contributed by atoms with van der Waals surface area (Å²) in [5, 5.41) is 3.04. The van der Waals surface area contributed by atoms with Crippen LogP contribution in [0.1, 0.15) is 37.7 Å². The van der Waals surface area contributed by atoms with E-state index >= 15 is 0 Å². The lowest BCUT2D eigenvalue weighted by molar-refractivity contribution is -0.121. The van der Waals surface area contributed by atoms with Gasteiger partial charge in [-0.3, -0.25) is 14.6 Å². The Morgan fingerprint density at radius 2 is 1.89 bits per heavy atom. The van der Waals surface area contributed by atoms with Crippen LogP contribution < -0.4 is 21.3 Å². The van der Waals surface area contributed by atoms with Crippen LogP contribution in [-0.2, 0) is 16.8 Å². The van der Waals surface area contributed by atoms with Gasteiger partial charge in [-0.25, -0.2) is 4.79 Å². The molecule has 0 bridgehead atoms. The van der Waals surface area contributed by atoms with E-state index in [1.165, 1.54) is 22.4 Å². The Bertz CT molecular complexity index is 892. The molecule has 1 aliphatic rings. The minimum Gasteiger partial charge on any atom is -0.497 e. The molecule has 0 aliphatic heterocycles. The van der Waals surface area contributed by atoms with Gasteiger partial charge in [-0.2, -0.15) is 0 Å². The second-order valence-electron chi connectivity index (χ2n) is 7.05. The third kappa shape index (κ3) is 4.48. The van der Waals surface area contributed by atoms with E-state index in [1.54, 1.807) is 7.11 Å². The molecule has 1 saturated carbocycles. The lowest BCUT2D eigenvalue weighted by Gasteiger charge is -2.30. The molecule has 0 spiro atoms. The van der Waals surface area contributed by atoms with Crippen molar-refractivity contribution in [1.29, 1.82) is 0 Å². The highest BCUT2D eigenvalue weighted by molar-refractivity contribution is 5.76. The summed E-state index contributed by atoms with van der Waals surface area (Å²) in [7, 11) is 1.65. The summed E-state index contributed by atoms with van der Waals surface area (Å²) in [6.07, 6.45) is 5.97. The molecule has 1 heterocycles. The van der Waals surface area contributed by atoms with Gasteiger partial charge in [0, 0.05) is 37.2 Å². The van der Waals surface area contributed by atoms with E-state index in [0.29, 0.717) is 6.54 Å². The van der Waals surface area contributed by atoms with Crippen LogP contribution in [0.2, 0.25) is 0 Å². The summed E-state index contributed by atoms with van der Waals surface area (Å²) < 4.78 is 6.56. The van der Waals surface area contributed by atoms with Crippen molar-refractivity contribution >= 4 is 5.91 Å². The molecule has 0 atom stereocenters. The topological polar surface area (TPSA) is 93.2 Å². The summed E-state index contributed by atoms with van der Waals surface area (Å²) in [6, 6.07) is 9.35. The Kier molecular flexibility index (Phi) is 5.78. The Morgan fingerprint density at radius 1 is 1.19 bits per heavy atom.